The number of rotatable bonds is 8. The van der Waals surface area contributed by atoms with Crippen molar-refractivity contribution >= 4 is 11.6 Å². The molecule has 1 amide bonds. The molecule has 0 aliphatic carbocycles. The Morgan fingerprint density at radius 2 is 2.00 bits per heavy atom. The van der Waals surface area contributed by atoms with E-state index in [1.54, 1.807) is 13.0 Å². The number of ether oxygens (including phenoxy) is 1. The summed E-state index contributed by atoms with van der Waals surface area (Å²) in [5.74, 6) is 4.96. The average Bonchev–Trinajstić information content (AvgIpc) is 2.88. The van der Waals surface area contributed by atoms with Crippen LogP contribution < -0.4 is 32.2 Å². The summed E-state index contributed by atoms with van der Waals surface area (Å²) in [6, 6.07) is 12.1. The standard InChI is InChI=1S/C28H33FN6O3/c1-18(30)14-35(31)24-7-8-25(38-3)27(29)23(24)13-32-28(37)21-6-9-26(36)34(17-21)15-19-4-5-20-10-11-33(2)16-22(20)12-19/h4-9,12,14,17H,10-11,13,15-16,30-31H2,1-3H3,(H,32,37)/b18-14-. The third-order valence-corrected chi connectivity index (χ3v) is 6.52. The predicted octanol–water partition coefficient (Wildman–Crippen LogP) is 2.46. The van der Waals surface area contributed by atoms with Crippen LogP contribution in [0.1, 0.15) is 39.5 Å². The number of likely N-dealkylation sites (N-methyl/N-ethyl adjacent to an activating group) is 1. The first-order valence-corrected chi connectivity index (χ1v) is 12.3. The zero-order valence-corrected chi connectivity index (χ0v) is 21.8. The Morgan fingerprint density at radius 3 is 2.74 bits per heavy atom. The van der Waals surface area contributed by atoms with Crippen LogP contribution in [0, 0.1) is 5.82 Å². The van der Waals surface area contributed by atoms with E-state index in [4.69, 9.17) is 16.3 Å². The fourth-order valence-electron chi connectivity index (χ4n) is 4.55. The van der Waals surface area contributed by atoms with E-state index in [0.717, 1.165) is 25.1 Å². The first-order chi connectivity index (χ1) is 18.2. The minimum Gasteiger partial charge on any atom is -0.494 e. The number of nitrogens with two attached hydrogens (primary N) is 2. The molecule has 0 saturated heterocycles. The second kappa shape index (κ2) is 11.5. The molecule has 9 nitrogen and oxygen atoms in total. The largest absolute Gasteiger partial charge is 0.494 e. The summed E-state index contributed by atoms with van der Waals surface area (Å²) in [5.41, 5.74) is 10.2. The van der Waals surface area contributed by atoms with Crippen molar-refractivity contribution in [3.05, 3.63) is 105 Å². The molecule has 10 heteroatoms. The molecule has 1 aliphatic heterocycles. The quantitative estimate of drug-likeness (QED) is 0.308. The van der Waals surface area contributed by atoms with E-state index in [1.165, 1.54) is 58.4 Å². The Labute approximate surface area is 221 Å². The molecule has 2 heterocycles. The molecular weight excluding hydrogens is 487 g/mol. The Balaban J connectivity index is 1.54. The molecule has 1 aromatic heterocycles. The topological polar surface area (TPSA) is 119 Å². The number of nitrogens with zero attached hydrogens (tertiary/aromatic N) is 3. The van der Waals surface area contributed by atoms with E-state index in [-0.39, 0.29) is 29.0 Å². The lowest BCUT2D eigenvalue weighted by Gasteiger charge is -2.25. The number of methoxy groups -OCH3 is 1. The van der Waals surface area contributed by atoms with E-state index in [1.807, 2.05) is 6.07 Å². The molecule has 38 heavy (non-hydrogen) atoms. The normalized spacial score (nSPS) is 13.7. The maximum absolute atomic E-state index is 15.1. The number of carbonyl (C=O) groups is 1. The Kier molecular flexibility index (Phi) is 8.13. The van der Waals surface area contributed by atoms with Gasteiger partial charge in [0.05, 0.1) is 24.9 Å². The smallest absolute Gasteiger partial charge is 0.253 e. The molecule has 0 saturated carbocycles. The van der Waals surface area contributed by atoms with E-state index >= 15 is 4.39 Å². The molecule has 5 N–H and O–H groups in total. The minimum absolute atomic E-state index is 0.0182. The number of benzene rings is 2. The Bertz CT molecular complexity index is 1430. The van der Waals surface area contributed by atoms with Gasteiger partial charge in [-0.05, 0) is 55.3 Å². The molecule has 0 bridgehead atoms. The van der Waals surface area contributed by atoms with Crippen LogP contribution in [0.4, 0.5) is 10.1 Å². The predicted molar refractivity (Wildman–Crippen MR) is 145 cm³/mol. The molecule has 3 aromatic rings. The van der Waals surface area contributed by atoms with Crippen LogP contribution in [0.25, 0.3) is 0 Å². The fourth-order valence-corrected chi connectivity index (χ4v) is 4.55. The van der Waals surface area contributed by atoms with Gasteiger partial charge in [-0.3, -0.25) is 14.6 Å². The minimum atomic E-state index is -0.646. The molecule has 0 unspecified atom stereocenters. The van der Waals surface area contributed by atoms with Gasteiger partial charge in [-0.2, -0.15) is 0 Å². The van der Waals surface area contributed by atoms with Crippen molar-refractivity contribution in [3.8, 4) is 5.75 Å². The number of hydrogen-bond donors (Lipinski definition) is 3. The summed E-state index contributed by atoms with van der Waals surface area (Å²) in [7, 11) is 3.44. The lowest BCUT2D eigenvalue weighted by Crippen LogP contribution is -2.30. The van der Waals surface area contributed by atoms with Crippen molar-refractivity contribution in [2.75, 3.05) is 25.7 Å². The second-order valence-corrected chi connectivity index (χ2v) is 9.52. The van der Waals surface area contributed by atoms with Crippen LogP contribution in [-0.4, -0.2) is 36.1 Å². The SMILES string of the molecule is COc1ccc(N(N)/C=C(/C)N)c(CNC(=O)c2ccc(=O)n(Cc3ccc4c(c3)CN(C)CC4)c2)c1F. The van der Waals surface area contributed by atoms with Gasteiger partial charge >= 0.3 is 0 Å². The number of halogens is 1. The van der Waals surface area contributed by atoms with Gasteiger partial charge in [-0.15, -0.1) is 0 Å². The molecule has 0 radical (unpaired) electrons. The maximum Gasteiger partial charge on any atom is 0.253 e. The molecule has 0 spiro atoms. The molecule has 1 aliphatic rings. The van der Waals surface area contributed by atoms with E-state index in [9.17, 15) is 9.59 Å². The average molecular weight is 521 g/mol. The third-order valence-electron chi connectivity index (χ3n) is 6.52. The zero-order valence-electron chi connectivity index (χ0n) is 21.8. The number of hydrazine groups is 1. The fraction of sp³-hybridized carbons (Fsp3) is 0.286. The van der Waals surface area contributed by atoms with Crippen LogP contribution in [0.2, 0.25) is 0 Å². The van der Waals surface area contributed by atoms with Gasteiger partial charge in [0.25, 0.3) is 11.5 Å². The number of anilines is 1. The summed E-state index contributed by atoms with van der Waals surface area (Å²) in [4.78, 5) is 27.9. The molecule has 0 fully saturated rings. The summed E-state index contributed by atoms with van der Waals surface area (Å²) in [6.07, 6.45) is 3.96. The highest BCUT2D eigenvalue weighted by molar-refractivity contribution is 5.93. The van der Waals surface area contributed by atoms with E-state index in [2.05, 4.69) is 29.4 Å². The van der Waals surface area contributed by atoms with Gasteiger partial charge in [0.15, 0.2) is 11.6 Å². The third kappa shape index (κ3) is 6.04. The summed E-state index contributed by atoms with van der Waals surface area (Å²) < 4.78 is 21.7. The molecule has 2 aromatic carbocycles. The van der Waals surface area contributed by atoms with Crippen LogP contribution in [0.5, 0.6) is 5.75 Å². The number of aromatic nitrogens is 1. The number of carbonyl (C=O) groups excluding carboxylic acids is 1. The number of amides is 1. The lowest BCUT2D eigenvalue weighted by atomic mass is 9.97. The van der Waals surface area contributed by atoms with Crippen molar-refractivity contribution in [2.45, 2.75) is 33.0 Å². The van der Waals surface area contributed by atoms with Gasteiger partial charge in [0, 0.05) is 49.4 Å². The lowest BCUT2D eigenvalue weighted by molar-refractivity contribution is 0.0949. The highest BCUT2D eigenvalue weighted by Crippen LogP contribution is 2.29. The van der Waals surface area contributed by atoms with Crippen LogP contribution >= 0.6 is 0 Å². The number of fused-ring (bicyclic) bond motifs is 1. The Morgan fingerprint density at radius 1 is 1.21 bits per heavy atom. The monoisotopic (exact) mass is 520 g/mol. The Hall–Kier alpha value is -4.15. The first-order valence-electron chi connectivity index (χ1n) is 12.3. The van der Waals surface area contributed by atoms with E-state index < -0.39 is 11.7 Å². The van der Waals surface area contributed by atoms with Crippen LogP contribution in [0.15, 0.2) is 65.4 Å². The van der Waals surface area contributed by atoms with Crippen LogP contribution in [-0.2, 0) is 26.1 Å². The number of allylic oxidation sites excluding steroid dienone is 1. The van der Waals surface area contributed by atoms with Crippen molar-refractivity contribution in [1.82, 2.24) is 14.8 Å². The van der Waals surface area contributed by atoms with Gasteiger partial charge < -0.3 is 25.3 Å². The first kappa shape index (κ1) is 26.9. The summed E-state index contributed by atoms with van der Waals surface area (Å²) >= 11 is 0. The highest BCUT2D eigenvalue weighted by Gasteiger charge is 2.19. The number of hydrogen-bond acceptors (Lipinski definition) is 7. The second-order valence-electron chi connectivity index (χ2n) is 9.52. The van der Waals surface area contributed by atoms with Gasteiger partial charge in [-0.1, -0.05) is 18.2 Å². The van der Waals surface area contributed by atoms with Gasteiger partial charge in [0.2, 0.25) is 0 Å². The molecular formula is C28H33FN6O3. The van der Waals surface area contributed by atoms with Gasteiger partial charge in [0.1, 0.15) is 0 Å². The van der Waals surface area contributed by atoms with Gasteiger partial charge in [-0.25, -0.2) is 10.2 Å². The van der Waals surface area contributed by atoms with Crippen molar-refractivity contribution in [2.24, 2.45) is 11.6 Å². The van der Waals surface area contributed by atoms with Crippen LogP contribution in [0.3, 0.4) is 0 Å². The number of nitrogens with one attached hydrogen (secondary N) is 1. The van der Waals surface area contributed by atoms with Crippen molar-refractivity contribution in [1.29, 1.82) is 0 Å². The van der Waals surface area contributed by atoms with Crippen molar-refractivity contribution < 1.29 is 13.9 Å². The molecule has 0 atom stereocenters. The van der Waals surface area contributed by atoms with E-state index in [0.29, 0.717) is 17.9 Å². The summed E-state index contributed by atoms with van der Waals surface area (Å²) in [5, 5.41) is 3.91. The highest BCUT2D eigenvalue weighted by atomic mass is 19.1. The molecule has 200 valence electrons. The maximum atomic E-state index is 15.1. The van der Waals surface area contributed by atoms with Crippen molar-refractivity contribution in [3.63, 3.8) is 0 Å². The molecule has 4 rings (SSSR count). The number of pyridine rings is 1. The summed E-state index contributed by atoms with van der Waals surface area (Å²) in [6.45, 7) is 3.71. The zero-order chi connectivity index (χ0) is 27.4.